The fourth-order valence-corrected chi connectivity index (χ4v) is 7.92. The molecule has 0 fully saturated rings. The van der Waals surface area contributed by atoms with Crippen molar-refractivity contribution >= 4 is 90.9 Å². The van der Waals surface area contributed by atoms with E-state index in [9.17, 15) is 0 Å². The topological polar surface area (TPSA) is 3.24 Å². The van der Waals surface area contributed by atoms with Gasteiger partial charge in [-0.25, -0.2) is 0 Å². The van der Waals surface area contributed by atoms with Crippen LogP contribution in [0.15, 0.2) is 127 Å². The average Bonchev–Trinajstić information content (AvgIpc) is 3.53. The standard InChI is InChI=1S/C34H21NS2/c1-2-9-23(10-3-1)35(29-14-8-13-27-26-11-4-6-15-30(26)37-34(27)29)24-18-19-25-22(21-24)17-20-32-33(25)28-12-5-7-16-31(28)36-32/h1-21H. The maximum atomic E-state index is 2.41. The highest BCUT2D eigenvalue weighted by atomic mass is 32.1. The lowest BCUT2D eigenvalue weighted by Gasteiger charge is -2.26. The lowest BCUT2D eigenvalue weighted by atomic mass is 10.0. The second kappa shape index (κ2) is 8.17. The molecule has 0 bridgehead atoms. The number of hydrogen-bond acceptors (Lipinski definition) is 3. The molecule has 0 amide bonds. The van der Waals surface area contributed by atoms with E-state index >= 15 is 0 Å². The van der Waals surface area contributed by atoms with Crippen LogP contribution in [-0.4, -0.2) is 0 Å². The van der Waals surface area contributed by atoms with Crippen LogP contribution in [0.5, 0.6) is 0 Å². The Kier molecular flexibility index (Phi) is 4.63. The molecule has 37 heavy (non-hydrogen) atoms. The summed E-state index contributed by atoms with van der Waals surface area (Å²) >= 11 is 3.75. The Morgan fingerprint density at radius 2 is 1.16 bits per heavy atom. The summed E-state index contributed by atoms with van der Waals surface area (Å²) in [6.45, 7) is 0. The van der Waals surface area contributed by atoms with Crippen LogP contribution >= 0.6 is 22.7 Å². The van der Waals surface area contributed by atoms with Crippen molar-refractivity contribution in [1.29, 1.82) is 0 Å². The zero-order valence-electron chi connectivity index (χ0n) is 19.9. The molecular weight excluding hydrogens is 487 g/mol. The molecule has 2 heterocycles. The Bertz CT molecular complexity index is 2100. The maximum absolute atomic E-state index is 2.41. The summed E-state index contributed by atoms with van der Waals surface area (Å²) in [6.07, 6.45) is 0. The number of benzene rings is 6. The Morgan fingerprint density at radius 3 is 2.03 bits per heavy atom. The van der Waals surface area contributed by atoms with Crippen molar-refractivity contribution in [3.8, 4) is 0 Å². The van der Waals surface area contributed by atoms with Crippen LogP contribution in [0.4, 0.5) is 17.1 Å². The third-order valence-electron chi connectivity index (χ3n) is 7.24. The number of nitrogens with zero attached hydrogens (tertiary/aromatic N) is 1. The first-order valence-corrected chi connectivity index (χ1v) is 14.1. The third-order valence-corrected chi connectivity index (χ3v) is 9.58. The summed E-state index contributed by atoms with van der Waals surface area (Å²) in [7, 11) is 0. The first kappa shape index (κ1) is 21.0. The van der Waals surface area contributed by atoms with Crippen molar-refractivity contribution < 1.29 is 0 Å². The van der Waals surface area contributed by atoms with Crippen LogP contribution in [0.2, 0.25) is 0 Å². The maximum Gasteiger partial charge on any atom is 0.0640 e. The van der Waals surface area contributed by atoms with Crippen LogP contribution in [0.3, 0.4) is 0 Å². The zero-order valence-corrected chi connectivity index (χ0v) is 21.5. The Morgan fingerprint density at radius 1 is 0.432 bits per heavy atom. The molecule has 0 radical (unpaired) electrons. The lowest BCUT2D eigenvalue weighted by Crippen LogP contribution is -2.09. The van der Waals surface area contributed by atoms with Crippen LogP contribution in [0.25, 0.3) is 51.1 Å². The van der Waals surface area contributed by atoms with Gasteiger partial charge in [-0.3, -0.25) is 0 Å². The average molecular weight is 508 g/mol. The van der Waals surface area contributed by atoms with Gasteiger partial charge in [-0.1, -0.05) is 78.9 Å². The number of rotatable bonds is 3. The van der Waals surface area contributed by atoms with Gasteiger partial charge < -0.3 is 4.90 Å². The van der Waals surface area contributed by atoms with Crippen LogP contribution in [0, 0.1) is 0 Å². The second-order valence-electron chi connectivity index (χ2n) is 9.37. The Hall–Kier alpha value is -4.18. The first-order chi connectivity index (χ1) is 18.3. The molecule has 3 heteroatoms. The molecule has 0 aliphatic heterocycles. The van der Waals surface area contributed by atoms with Crippen LogP contribution < -0.4 is 4.90 Å². The summed E-state index contributed by atoms with van der Waals surface area (Å²) in [5.74, 6) is 0. The molecule has 174 valence electrons. The summed E-state index contributed by atoms with van der Waals surface area (Å²) < 4.78 is 5.32. The fourth-order valence-electron chi connectivity index (χ4n) is 5.59. The van der Waals surface area contributed by atoms with E-state index in [1.165, 1.54) is 62.5 Å². The molecule has 8 aromatic rings. The van der Waals surface area contributed by atoms with E-state index < -0.39 is 0 Å². The molecule has 0 saturated carbocycles. The van der Waals surface area contributed by atoms with Crippen LogP contribution in [-0.2, 0) is 0 Å². The van der Waals surface area contributed by atoms with Gasteiger partial charge >= 0.3 is 0 Å². The van der Waals surface area contributed by atoms with Crippen molar-refractivity contribution in [3.05, 3.63) is 127 Å². The van der Waals surface area contributed by atoms with Crippen molar-refractivity contribution in [2.75, 3.05) is 4.90 Å². The van der Waals surface area contributed by atoms with Crippen molar-refractivity contribution in [3.63, 3.8) is 0 Å². The molecule has 0 spiro atoms. The molecule has 8 rings (SSSR count). The minimum absolute atomic E-state index is 1.16. The highest BCUT2D eigenvalue weighted by molar-refractivity contribution is 7.26. The summed E-state index contributed by atoms with van der Waals surface area (Å²) in [6, 6.07) is 46.4. The van der Waals surface area contributed by atoms with Gasteiger partial charge in [0.2, 0.25) is 0 Å². The van der Waals surface area contributed by atoms with E-state index in [1.54, 1.807) is 0 Å². The number of hydrogen-bond donors (Lipinski definition) is 0. The van der Waals surface area contributed by atoms with Crippen molar-refractivity contribution in [1.82, 2.24) is 0 Å². The van der Waals surface area contributed by atoms with E-state index in [2.05, 4.69) is 132 Å². The highest BCUT2D eigenvalue weighted by Gasteiger charge is 2.18. The number of fused-ring (bicyclic) bond motifs is 8. The van der Waals surface area contributed by atoms with E-state index in [-0.39, 0.29) is 0 Å². The van der Waals surface area contributed by atoms with Crippen molar-refractivity contribution in [2.24, 2.45) is 0 Å². The molecule has 0 atom stereocenters. The minimum Gasteiger partial charge on any atom is -0.309 e. The van der Waals surface area contributed by atoms with Gasteiger partial charge in [-0.05, 0) is 59.3 Å². The predicted octanol–water partition coefficient (Wildman–Crippen LogP) is 11.0. The van der Waals surface area contributed by atoms with Gasteiger partial charge in [0.05, 0.1) is 10.4 Å². The number of thiophene rings is 2. The molecule has 2 aromatic heterocycles. The molecule has 1 nitrogen and oxygen atoms in total. The Labute approximate surface area is 222 Å². The van der Waals surface area contributed by atoms with Gasteiger partial charge in [0.25, 0.3) is 0 Å². The fraction of sp³-hybridized carbons (Fsp3) is 0. The second-order valence-corrected chi connectivity index (χ2v) is 11.5. The zero-order chi connectivity index (χ0) is 24.3. The van der Waals surface area contributed by atoms with Gasteiger partial charge in [0, 0.05) is 47.0 Å². The molecule has 0 aliphatic carbocycles. The smallest absolute Gasteiger partial charge is 0.0640 e. The van der Waals surface area contributed by atoms with Crippen molar-refractivity contribution in [2.45, 2.75) is 0 Å². The SMILES string of the molecule is c1ccc(N(c2ccc3c(ccc4sc5ccccc5c43)c2)c2cccc3c2sc2ccccc23)cc1. The van der Waals surface area contributed by atoms with E-state index in [0.29, 0.717) is 0 Å². The number of anilines is 3. The van der Waals surface area contributed by atoms with Gasteiger partial charge in [0.1, 0.15) is 0 Å². The predicted molar refractivity (Wildman–Crippen MR) is 164 cm³/mol. The van der Waals surface area contributed by atoms with E-state index in [0.717, 1.165) is 5.69 Å². The molecule has 0 aliphatic rings. The van der Waals surface area contributed by atoms with E-state index in [1.807, 2.05) is 22.7 Å². The normalized spacial score (nSPS) is 11.8. The molecular formula is C34H21NS2. The quantitative estimate of drug-likeness (QED) is 0.230. The first-order valence-electron chi connectivity index (χ1n) is 12.4. The molecule has 0 N–H and O–H groups in total. The summed E-state index contributed by atoms with van der Waals surface area (Å²) in [5.41, 5.74) is 3.54. The Balaban J connectivity index is 1.40. The largest absolute Gasteiger partial charge is 0.309 e. The number of para-hydroxylation sites is 1. The third kappa shape index (κ3) is 3.21. The van der Waals surface area contributed by atoms with E-state index in [4.69, 9.17) is 0 Å². The van der Waals surface area contributed by atoms with Gasteiger partial charge in [-0.2, -0.15) is 0 Å². The summed E-state index contributed by atoms with van der Waals surface area (Å²) in [4.78, 5) is 2.41. The molecule has 0 saturated heterocycles. The van der Waals surface area contributed by atoms with Gasteiger partial charge in [-0.15, -0.1) is 22.7 Å². The minimum atomic E-state index is 1.16. The highest BCUT2D eigenvalue weighted by Crippen LogP contribution is 2.46. The van der Waals surface area contributed by atoms with Crippen LogP contribution in [0.1, 0.15) is 0 Å². The lowest BCUT2D eigenvalue weighted by molar-refractivity contribution is 1.31. The summed E-state index contributed by atoms with van der Waals surface area (Å²) in [5, 5.41) is 7.91. The van der Waals surface area contributed by atoms with Gasteiger partial charge in [0.15, 0.2) is 0 Å². The molecule has 6 aromatic carbocycles. The monoisotopic (exact) mass is 507 g/mol. The molecule has 0 unspecified atom stereocenters.